The molecule has 1 heterocycles. The first kappa shape index (κ1) is 31.8. The molecular weight excluding hydrogens is 618 g/mol. The highest BCUT2D eigenvalue weighted by Gasteiger charge is 2.27. The van der Waals surface area contributed by atoms with Crippen molar-refractivity contribution in [2.24, 2.45) is 5.41 Å². The zero-order valence-corrected chi connectivity index (χ0v) is 26.9. The minimum absolute atomic E-state index is 0.0140. The predicted octanol–water partition coefficient (Wildman–Crippen LogP) is 9.25. The molecule has 4 aromatic rings. The normalized spacial score (nSPS) is 11.8. The molecular formula is C31H32Cl4N4O3. The van der Waals surface area contributed by atoms with E-state index >= 15 is 0 Å². The Balaban J connectivity index is 1.40. The second-order valence-corrected chi connectivity index (χ2v) is 13.5. The number of carbonyl (C=O) groups is 1. The molecule has 11 heteroatoms. The van der Waals surface area contributed by atoms with Gasteiger partial charge in [-0.2, -0.15) is 0 Å². The fraction of sp³-hybridized carbons (Fsp3) is 0.290. The molecule has 222 valence electrons. The van der Waals surface area contributed by atoms with Crippen LogP contribution in [-0.2, 0) is 10.2 Å². The number of halogens is 4. The Morgan fingerprint density at radius 1 is 0.881 bits per heavy atom. The third-order valence-corrected chi connectivity index (χ3v) is 7.55. The number of aromatic nitrogens is 2. The first-order chi connectivity index (χ1) is 19.6. The minimum atomic E-state index is -0.410. The lowest BCUT2D eigenvalue weighted by Crippen LogP contribution is -2.24. The summed E-state index contributed by atoms with van der Waals surface area (Å²) in [4.78, 5) is 25.3. The van der Waals surface area contributed by atoms with Crippen LogP contribution in [0.5, 0.6) is 5.75 Å². The maximum absolute atomic E-state index is 12.7. The molecule has 7 nitrogen and oxygen atoms in total. The van der Waals surface area contributed by atoms with Gasteiger partial charge in [-0.25, -0.2) is 4.68 Å². The standard InChI is InChI=1S/C31H32Cl4N4O3/c1-30(2,3)17-31(4,5)18-6-9-21(10-7-18)42-16-27(40)36-20-8-11-22(33)25(14-20)37-26-15-28(41)39(38-26)29-23(34)12-19(32)13-24(29)35/h6-15,37-38H,16-17H2,1-5H3,(H,36,40). The Bertz CT molecular complexity index is 1630. The Morgan fingerprint density at radius 2 is 1.52 bits per heavy atom. The number of ether oxygens (including phenoxy) is 1. The van der Waals surface area contributed by atoms with E-state index in [1.54, 1.807) is 18.2 Å². The SMILES string of the molecule is CC(C)(C)CC(C)(C)c1ccc(OCC(=O)Nc2ccc(Cl)c(Nc3cc(=O)n(-c4c(Cl)cc(Cl)cc4Cl)[nH]3)c2)cc1. The Morgan fingerprint density at radius 3 is 2.14 bits per heavy atom. The third-order valence-electron chi connectivity index (χ3n) is 6.42. The van der Waals surface area contributed by atoms with Crippen molar-refractivity contribution in [3.63, 3.8) is 0 Å². The number of carbonyl (C=O) groups excluding carboxylic acids is 1. The Hall–Kier alpha value is -3.10. The van der Waals surface area contributed by atoms with E-state index < -0.39 is 5.56 Å². The maximum atomic E-state index is 12.7. The molecule has 3 aromatic carbocycles. The number of hydrogen-bond acceptors (Lipinski definition) is 4. The van der Waals surface area contributed by atoms with Crippen molar-refractivity contribution in [1.29, 1.82) is 0 Å². The molecule has 0 aliphatic heterocycles. The van der Waals surface area contributed by atoms with Gasteiger partial charge in [-0.1, -0.05) is 93.2 Å². The summed E-state index contributed by atoms with van der Waals surface area (Å²) in [7, 11) is 0. The molecule has 0 aliphatic carbocycles. The second kappa shape index (κ2) is 12.6. The van der Waals surface area contributed by atoms with Crippen LogP contribution in [0.3, 0.4) is 0 Å². The number of H-pyrrole nitrogens is 1. The summed E-state index contributed by atoms with van der Waals surface area (Å²) in [5.41, 5.74) is 2.22. The lowest BCUT2D eigenvalue weighted by atomic mass is 9.72. The van der Waals surface area contributed by atoms with E-state index in [9.17, 15) is 9.59 Å². The number of nitrogens with one attached hydrogen (secondary N) is 3. The molecule has 4 rings (SSSR count). The minimum Gasteiger partial charge on any atom is -0.484 e. The van der Waals surface area contributed by atoms with Crippen molar-refractivity contribution in [3.05, 3.63) is 96.7 Å². The van der Waals surface area contributed by atoms with E-state index in [1.165, 1.54) is 28.4 Å². The molecule has 1 amide bonds. The number of amides is 1. The molecule has 0 radical (unpaired) electrons. The van der Waals surface area contributed by atoms with Gasteiger partial charge >= 0.3 is 0 Å². The number of benzene rings is 3. The lowest BCUT2D eigenvalue weighted by molar-refractivity contribution is -0.118. The highest BCUT2D eigenvalue weighted by atomic mass is 35.5. The van der Waals surface area contributed by atoms with Crippen LogP contribution in [-0.4, -0.2) is 22.3 Å². The zero-order valence-electron chi connectivity index (χ0n) is 23.9. The second-order valence-electron chi connectivity index (χ2n) is 11.9. The molecule has 3 N–H and O–H groups in total. The lowest BCUT2D eigenvalue weighted by Gasteiger charge is -2.33. The van der Waals surface area contributed by atoms with Crippen LogP contribution >= 0.6 is 46.4 Å². The van der Waals surface area contributed by atoms with Crippen LogP contribution in [0.15, 0.2) is 65.5 Å². The van der Waals surface area contributed by atoms with Crippen LogP contribution in [0.25, 0.3) is 5.69 Å². The summed E-state index contributed by atoms with van der Waals surface area (Å²) in [6.45, 7) is 11.0. The van der Waals surface area contributed by atoms with Crippen LogP contribution in [0.4, 0.5) is 17.2 Å². The largest absolute Gasteiger partial charge is 0.484 e. The van der Waals surface area contributed by atoms with Crippen LogP contribution in [0.1, 0.15) is 46.6 Å². The van der Waals surface area contributed by atoms with Gasteiger partial charge in [0.15, 0.2) is 6.61 Å². The summed E-state index contributed by atoms with van der Waals surface area (Å²) >= 11 is 24.9. The summed E-state index contributed by atoms with van der Waals surface area (Å²) in [6.07, 6.45) is 1.04. The van der Waals surface area contributed by atoms with E-state index in [0.717, 1.165) is 6.42 Å². The summed E-state index contributed by atoms with van der Waals surface area (Å²) < 4.78 is 6.91. The van der Waals surface area contributed by atoms with Gasteiger partial charge in [-0.3, -0.25) is 14.7 Å². The van der Waals surface area contributed by atoms with Crippen molar-refractivity contribution in [2.75, 3.05) is 17.2 Å². The molecule has 0 saturated heterocycles. The van der Waals surface area contributed by atoms with Crippen molar-refractivity contribution in [2.45, 2.75) is 46.5 Å². The van der Waals surface area contributed by atoms with Crippen LogP contribution in [0.2, 0.25) is 20.1 Å². The van der Waals surface area contributed by atoms with E-state index in [1.807, 2.05) is 24.3 Å². The van der Waals surface area contributed by atoms with Crippen molar-refractivity contribution < 1.29 is 9.53 Å². The van der Waals surface area contributed by atoms with Gasteiger partial charge in [-0.15, -0.1) is 0 Å². The van der Waals surface area contributed by atoms with Gasteiger partial charge in [0.05, 0.1) is 20.8 Å². The summed E-state index contributed by atoms with van der Waals surface area (Å²) in [5, 5.41) is 9.89. The molecule has 0 bridgehead atoms. The molecule has 0 aliphatic rings. The molecule has 1 aromatic heterocycles. The first-order valence-corrected chi connectivity index (χ1v) is 14.7. The number of anilines is 3. The fourth-order valence-corrected chi connectivity index (χ4v) is 6.15. The molecule has 0 spiro atoms. The highest BCUT2D eigenvalue weighted by molar-refractivity contribution is 6.40. The first-order valence-electron chi connectivity index (χ1n) is 13.2. The Kier molecular flexibility index (Phi) is 9.58. The third kappa shape index (κ3) is 8.04. The van der Waals surface area contributed by atoms with Gasteiger partial charge < -0.3 is 15.4 Å². The molecule has 0 atom stereocenters. The Labute approximate surface area is 265 Å². The molecule has 42 heavy (non-hydrogen) atoms. The number of nitrogens with zero attached hydrogens (tertiary/aromatic N) is 1. The zero-order chi connectivity index (χ0) is 30.8. The number of aromatic amines is 1. The van der Waals surface area contributed by atoms with Gasteiger partial charge in [-0.05, 0) is 65.3 Å². The summed E-state index contributed by atoms with van der Waals surface area (Å²) in [6, 6.07) is 17.1. The summed E-state index contributed by atoms with van der Waals surface area (Å²) in [5.74, 6) is 0.588. The van der Waals surface area contributed by atoms with Gasteiger partial charge in [0.25, 0.3) is 11.5 Å². The number of hydrogen-bond donors (Lipinski definition) is 3. The highest BCUT2D eigenvalue weighted by Crippen LogP contribution is 2.37. The van der Waals surface area contributed by atoms with Crippen LogP contribution < -0.4 is 20.9 Å². The van der Waals surface area contributed by atoms with Crippen LogP contribution in [0, 0.1) is 5.41 Å². The predicted molar refractivity (Wildman–Crippen MR) is 174 cm³/mol. The van der Waals surface area contributed by atoms with E-state index in [2.05, 4.69) is 50.4 Å². The molecule has 0 saturated carbocycles. The fourth-order valence-electron chi connectivity index (χ4n) is 4.99. The van der Waals surface area contributed by atoms with Gasteiger partial charge in [0.2, 0.25) is 0 Å². The number of rotatable bonds is 9. The van der Waals surface area contributed by atoms with Gasteiger partial charge in [0, 0.05) is 16.8 Å². The monoisotopic (exact) mass is 648 g/mol. The van der Waals surface area contributed by atoms with Gasteiger partial charge in [0.1, 0.15) is 17.3 Å². The average molecular weight is 650 g/mol. The van der Waals surface area contributed by atoms with E-state index in [-0.39, 0.29) is 39.1 Å². The average Bonchev–Trinajstić information content (AvgIpc) is 3.22. The van der Waals surface area contributed by atoms with Crippen molar-refractivity contribution in [1.82, 2.24) is 9.78 Å². The van der Waals surface area contributed by atoms with Crippen molar-refractivity contribution in [3.8, 4) is 11.4 Å². The van der Waals surface area contributed by atoms with Crippen molar-refractivity contribution >= 4 is 69.5 Å². The molecule has 0 fully saturated rings. The molecule has 0 unspecified atom stereocenters. The quantitative estimate of drug-likeness (QED) is 0.169. The van der Waals surface area contributed by atoms with E-state index in [4.69, 9.17) is 51.1 Å². The van der Waals surface area contributed by atoms with E-state index in [0.29, 0.717) is 33.0 Å². The maximum Gasteiger partial charge on any atom is 0.273 e. The topological polar surface area (TPSA) is 88.2 Å². The smallest absolute Gasteiger partial charge is 0.273 e.